The first-order chi connectivity index (χ1) is 9.25. The summed E-state index contributed by atoms with van der Waals surface area (Å²) in [6.45, 7) is 4.31. The van der Waals surface area contributed by atoms with Gasteiger partial charge >= 0.3 is 0 Å². The summed E-state index contributed by atoms with van der Waals surface area (Å²) >= 11 is 0. The Hall–Kier alpha value is -2.15. The van der Waals surface area contributed by atoms with Gasteiger partial charge in [0.2, 0.25) is 0 Å². The van der Waals surface area contributed by atoms with Crippen LogP contribution in [0.4, 0.5) is 0 Å². The molecule has 0 amide bonds. The fraction of sp³-hybridized carbons (Fsp3) is 0.167. The third-order valence-corrected chi connectivity index (χ3v) is 3.73. The Morgan fingerprint density at radius 2 is 1.58 bits per heavy atom. The first-order valence-electron chi connectivity index (χ1n) is 6.63. The zero-order valence-corrected chi connectivity index (χ0v) is 11.4. The number of hydrogen-bond donors (Lipinski definition) is 0. The largest absolute Gasteiger partial charge is 0.260 e. The predicted molar refractivity (Wildman–Crippen MR) is 80.5 cm³/mol. The minimum Gasteiger partial charge on any atom is -0.260 e. The van der Waals surface area contributed by atoms with E-state index >= 15 is 0 Å². The van der Waals surface area contributed by atoms with Crippen molar-refractivity contribution in [2.45, 2.75) is 20.3 Å². The van der Waals surface area contributed by atoms with Crippen LogP contribution in [0, 0.1) is 13.8 Å². The smallest absolute Gasteiger partial charge is 0.0525 e. The van der Waals surface area contributed by atoms with E-state index in [1.807, 2.05) is 6.20 Å². The van der Waals surface area contributed by atoms with Gasteiger partial charge in [-0.1, -0.05) is 42.5 Å². The molecular formula is C18H17N. The normalized spacial score (nSPS) is 10.8. The number of nitrogens with zero attached hydrogens (tertiary/aromatic N) is 1. The fourth-order valence-corrected chi connectivity index (χ4v) is 2.55. The monoisotopic (exact) mass is 247 g/mol. The first-order valence-corrected chi connectivity index (χ1v) is 6.63. The van der Waals surface area contributed by atoms with Crippen molar-refractivity contribution in [1.82, 2.24) is 4.98 Å². The van der Waals surface area contributed by atoms with Gasteiger partial charge in [-0.3, -0.25) is 4.98 Å². The van der Waals surface area contributed by atoms with Crippen LogP contribution >= 0.6 is 0 Å². The van der Waals surface area contributed by atoms with Crippen LogP contribution in [0.5, 0.6) is 0 Å². The quantitative estimate of drug-likeness (QED) is 0.652. The van der Waals surface area contributed by atoms with Gasteiger partial charge in [-0.2, -0.15) is 0 Å². The van der Waals surface area contributed by atoms with E-state index in [1.54, 1.807) is 0 Å². The molecule has 0 bridgehead atoms. The highest BCUT2D eigenvalue weighted by molar-refractivity contribution is 5.87. The van der Waals surface area contributed by atoms with Gasteiger partial charge in [0, 0.05) is 18.0 Å². The van der Waals surface area contributed by atoms with Crippen molar-refractivity contribution in [3.8, 4) is 0 Å². The number of fused-ring (bicyclic) bond motifs is 1. The standard InChI is InChI=1S/C18H17N/c1-13-6-3-4-8-15(13)12-18-17-9-5-7-14(2)16(17)10-11-19-18/h3-11H,12H2,1-2H3. The summed E-state index contributed by atoms with van der Waals surface area (Å²) in [6, 6.07) is 17.1. The highest BCUT2D eigenvalue weighted by Gasteiger charge is 2.06. The molecule has 1 nitrogen and oxygen atoms in total. The number of rotatable bonds is 2. The van der Waals surface area contributed by atoms with Crippen molar-refractivity contribution in [2.75, 3.05) is 0 Å². The highest BCUT2D eigenvalue weighted by atomic mass is 14.7. The van der Waals surface area contributed by atoms with Crippen LogP contribution in [0.25, 0.3) is 10.8 Å². The van der Waals surface area contributed by atoms with Gasteiger partial charge in [-0.15, -0.1) is 0 Å². The maximum Gasteiger partial charge on any atom is 0.0525 e. The molecule has 1 aromatic heterocycles. The van der Waals surface area contributed by atoms with Crippen molar-refractivity contribution in [3.05, 3.63) is 77.1 Å². The van der Waals surface area contributed by atoms with Crippen LogP contribution < -0.4 is 0 Å². The minimum atomic E-state index is 0.896. The molecule has 0 radical (unpaired) electrons. The van der Waals surface area contributed by atoms with Crippen molar-refractivity contribution in [1.29, 1.82) is 0 Å². The lowest BCUT2D eigenvalue weighted by molar-refractivity contribution is 1.08. The number of pyridine rings is 1. The van der Waals surface area contributed by atoms with Crippen LogP contribution in [0.1, 0.15) is 22.4 Å². The minimum absolute atomic E-state index is 0.896. The van der Waals surface area contributed by atoms with Gasteiger partial charge < -0.3 is 0 Å². The van der Waals surface area contributed by atoms with Gasteiger partial charge in [-0.25, -0.2) is 0 Å². The fourth-order valence-electron chi connectivity index (χ4n) is 2.55. The zero-order chi connectivity index (χ0) is 13.2. The van der Waals surface area contributed by atoms with Crippen molar-refractivity contribution >= 4 is 10.8 Å². The first kappa shape index (κ1) is 11.9. The molecule has 3 rings (SSSR count). The summed E-state index contributed by atoms with van der Waals surface area (Å²) in [7, 11) is 0. The molecule has 0 fully saturated rings. The molecule has 0 aliphatic rings. The van der Waals surface area contributed by atoms with E-state index in [0.29, 0.717) is 0 Å². The Labute approximate surface area is 113 Å². The van der Waals surface area contributed by atoms with Crippen molar-refractivity contribution in [2.24, 2.45) is 0 Å². The molecule has 0 saturated carbocycles. The van der Waals surface area contributed by atoms with E-state index in [-0.39, 0.29) is 0 Å². The number of aryl methyl sites for hydroxylation is 2. The summed E-state index contributed by atoms with van der Waals surface area (Å²) in [5, 5.41) is 2.58. The molecule has 0 saturated heterocycles. The molecule has 0 spiro atoms. The van der Waals surface area contributed by atoms with Gasteiger partial charge in [0.1, 0.15) is 0 Å². The second kappa shape index (κ2) is 4.85. The SMILES string of the molecule is Cc1ccccc1Cc1nccc2c(C)cccc12. The van der Waals surface area contributed by atoms with E-state index in [4.69, 9.17) is 0 Å². The van der Waals surface area contributed by atoms with E-state index in [0.717, 1.165) is 12.1 Å². The second-order valence-electron chi connectivity index (χ2n) is 5.03. The lowest BCUT2D eigenvalue weighted by atomic mass is 9.99. The van der Waals surface area contributed by atoms with E-state index in [9.17, 15) is 0 Å². The highest BCUT2D eigenvalue weighted by Crippen LogP contribution is 2.23. The number of benzene rings is 2. The summed E-state index contributed by atoms with van der Waals surface area (Å²) in [6.07, 6.45) is 2.82. The molecule has 0 unspecified atom stereocenters. The van der Waals surface area contributed by atoms with Gasteiger partial charge in [-0.05, 0) is 42.0 Å². The summed E-state index contributed by atoms with van der Waals surface area (Å²) in [5.41, 5.74) is 5.15. The van der Waals surface area contributed by atoms with Crippen LogP contribution in [0.3, 0.4) is 0 Å². The lowest BCUT2D eigenvalue weighted by Crippen LogP contribution is -1.96. The summed E-state index contributed by atoms with van der Waals surface area (Å²) < 4.78 is 0. The Kier molecular flexibility index (Phi) is 3.04. The molecule has 1 heterocycles. The molecule has 3 aromatic rings. The predicted octanol–water partition coefficient (Wildman–Crippen LogP) is 4.44. The van der Waals surface area contributed by atoms with E-state index < -0.39 is 0 Å². The molecule has 94 valence electrons. The van der Waals surface area contributed by atoms with Gasteiger partial charge in [0.15, 0.2) is 0 Å². The number of aromatic nitrogens is 1. The van der Waals surface area contributed by atoms with E-state index in [2.05, 4.69) is 67.4 Å². The van der Waals surface area contributed by atoms with Crippen molar-refractivity contribution in [3.63, 3.8) is 0 Å². The average molecular weight is 247 g/mol. The van der Waals surface area contributed by atoms with E-state index in [1.165, 1.54) is 27.5 Å². The third kappa shape index (κ3) is 2.24. The lowest BCUT2D eigenvalue weighted by Gasteiger charge is -2.09. The maximum absolute atomic E-state index is 4.58. The Morgan fingerprint density at radius 3 is 2.42 bits per heavy atom. The van der Waals surface area contributed by atoms with Gasteiger partial charge in [0.05, 0.1) is 5.69 Å². The molecular weight excluding hydrogens is 230 g/mol. The van der Waals surface area contributed by atoms with Crippen LogP contribution in [-0.2, 0) is 6.42 Å². The van der Waals surface area contributed by atoms with Crippen LogP contribution in [0.15, 0.2) is 54.7 Å². The second-order valence-corrected chi connectivity index (χ2v) is 5.03. The Bertz CT molecular complexity index is 729. The molecule has 19 heavy (non-hydrogen) atoms. The Balaban J connectivity index is 2.12. The maximum atomic E-state index is 4.58. The molecule has 0 aliphatic heterocycles. The van der Waals surface area contributed by atoms with Crippen LogP contribution in [0.2, 0.25) is 0 Å². The molecule has 0 N–H and O–H groups in total. The summed E-state index contributed by atoms with van der Waals surface area (Å²) in [5.74, 6) is 0. The molecule has 0 aliphatic carbocycles. The number of hydrogen-bond acceptors (Lipinski definition) is 1. The third-order valence-electron chi connectivity index (χ3n) is 3.73. The van der Waals surface area contributed by atoms with Crippen LogP contribution in [-0.4, -0.2) is 4.98 Å². The molecule has 2 aromatic carbocycles. The Morgan fingerprint density at radius 1 is 0.789 bits per heavy atom. The molecule has 1 heteroatoms. The van der Waals surface area contributed by atoms with Gasteiger partial charge in [0.25, 0.3) is 0 Å². The van der Waals surface area contributed by atoms with Crippen molar-refractivity contribution < 1.29 is 0 Å². The summed E-state index contributed by atoms with van der Waals surface area (Å²) in [4.78, 5) is 4.58. The average Bonchev–Trinajstić information content (AvgIpc) is 2.42. The zero-order valence-electron chi connectivity index (χ0n) is 11.4. The molecule has 0 atom stereocenters. The topological polar surface area (TPSA) is 12.9 Å².